The first kappa shape index (κ1) is 21.9. The molecule has 2 amide bonds. The predicted octanol–water partition coefficient (Wildman–Crippen LogP) is 3.14. The molecule has 0 heterocycles. The molecule has 0 fully saturated rings. The summed E-state index contributed by atoms with van der Waals surface area (Å²) >= 11 is 0. The molecule has 0 aromatic heterocycles. The van der Waals surface area contributed by atoms with Gasteiger partial charge >= 0.3 is 0 Å². The lowest BCUT2D eigenvalue weighted by Crippen LogP contribution is -2.34. The Labute approximate surface area is 171 Å². The molecule has 0 aliphatic carbocycles. The van der Waals surface area contributed by atoms with Crippen LogP contribution in [0.1, 0.15) is 42.6 Å². The highest BCUT2D eigenvalue weighted by atomic mass is 16.5. The number of amides is 2. The van der Waals surface area contributed by atoms with Crippen molar-refractivity contribution in [1.29, 1.82) is 0 Å². The summed E-state index contributed by atoms with van der Waals surface area (Å²) in [7, 11) is 0. The van der Waals surface area contributed by atoms with Crippen LogP contribution in [0.3, 0.4) is 0 Å². The summed E-state index contributed by atoms with van der Waals surface area (Å²) in [6, 6.07) is 14.1. The van der Waals surface area contributed by atoms with Crippen LogP contribution in [0.25, 0.3) is 0 Å². The molecule has 0 bridgehead atoms. The number of ether oxygens (including phenoxy) is 2. The first-order valence-electron chi connectivity index (χ1n) is 9.68. The number of carbonyl (C=O) groups is 2. The van der Waals surface area contributed by atoms with Crippen LogP contribution in [-0.2, 0) is 4.79 Å². The zero-order valence-electron chi connectivity index (χ0n) is 16.8. The van der Waals surface area contributed by atoms with Crippen molar-refractivity contribution < 1.29 is 19.1 Å². The number of benzene rings is 2. The van der Waals surface area contributed by atoms with Crippen LogP contribution in [-0.4, -0.2) is 37.8 Å². The summed E-state index contributed by atoms with van der Waals surface area (Å²) in [5.74, 6) is 0.735. The summed E-state index contributed by atoms with van der Waals surface area (Å²) in [6.07, 6.45) is 3.64. The van der Waals surface area contributed by atoms with E-state index in [1.807, 2.05) is 31.2 Å². The molecule has 0 spiro atoms. The number of hydrazone groups is 1. The van der Waals surface area contributed by atoms with E-state index in [4.69, 9.17) is 9.47 Å². The van der Waals surface area contributed by atoms with Gasteiger partial charge in [-0.15, -0.1) is 0 Å². The van der Waals surface area contributed by atoms with E-state index in [9.17, 15) is 9.59 Å². The van der Waals surface area contributed by atoms with E-state index in [1.54, 1.807) is 24.3 Å². The Kier molecular flexibility index (Phi) is 9.21. The topological polar surface area (TPSA) is 89.0 Å². The zero-order valence-corrected chi connectivity index (χ0v) is 16.8. The monoisotopic (exact) mass is 397 g/mol. The first-order valence-corrected chi connectivity index (χ1v) is 9.68. The van der Waals surface area contributed by atoms with E-state index in [2.05, 4.69) is 22.8 Å². The van der Waals surface area contributed by atoms with Gasteiger partial charge in [-0.1, -0.05) is 13.3 Å². The van der Waals surface area contributed by atoms with Crippen LogP contribution in [0.15, 0.2) is 53.6 Å². The molecule has 0 saturated carbocycles. The van der Waals surface area contributed by atoms with Gasteiger partial charge in [-0.2, -0.15) is 5.10 Å². The second-order valence-electron chi connectivity index (χ2n) is 6.20. The maximum absolute atomic E-state index is 12.1. The van der Waals surface area contributed by atoms with Crippen molar-refractivity contribution in [2.24, 2.45) is 5.10 Å². The van der Waals surface area contributed by atoms with E-state index < -0.39 is 5.91 Å². The van der Waals surface area contributed by atoms with Crippen molar-refractivity contribution in [2.45, 2.75) is 26.7 Å². The molecule has 0 aliphatic rings. The van der Waals surface area contributed by atoms with Gasteiger partial charge < -0.3 is 14.8 Å². The maximum atomic E-state index is 12.1. The minimum Gasteiger partial charge on any atom is -0.494 e. The van der Waals surface area contributed by atoms with Gasteiger partial charge in [-0.25, -0.2) is 5.43 Å². The quantitative estimate of drug-likeness (QED) is 0.346. The van der Waals surface area contributed by atoms with Gasteiger partial charge in [0, 0.05) is 5.56 Å². The molecule has 0 atom stereocenters. The number of hydrogen-bond acceptors (Lipinski definition) is 5. The van der Waals surface area contributed by atoms with Gasteiger partial charge in [0.15, 0.2) is 0 Å². The minimum absolute atomic E-state index is 0.173. The lowest BCUT2D eigenvalue weighted by Gasteiger charge is -2.06. The van der Waals surface area contributed by atoms with Gasteiger partial charge in [0.2, 0.25) is 0 Å². The van der Waals surface area contributed by atoms with Crippen LogP contribution >= 0.6 is 0 Å². The lowest BCUT2D eigenvalue weighted by atomic mass is 10.2. The van der Waals surface area contributed by atoms with Crippen molar-refractivity contribution in [3.8, 4) is 11.5 Å². The number of rotatable bonds is 11. The number of carbonyl (C=O) groups excluding carboxylic acids is 2. The van der Waals surface area contributed by atoms with E-state index in [1.165, 1.54) is 6.21 Å². The highest BCUT2D eigenvalue weighted by Crippen LogP contribution is 2.12. The molecular weight excluding hydrogens is 370 g/mol. The highest BCUT2D eigenvalue weighted by Gasteiger charge is 2.07. The third-order valence-corrected chi connectivity index (χ3v) is 3.89. The molecule has 2 aromatic carbocycles. The molecular formula is C22H27N3O4. The Morgan fingerprint density at radius 2 is 1.62 bits per heavy atom. The Balaban J connectivity index is 1.72. The van der Waals surface area contributed by atoms with Crippen molar-refractivity contribution in [2.75, 3.05) is 19.8 Å². The van der Waals surface area contributed by atoms with E-state index in [0.717, 1.165) is 24.2 Å². The van der Waals surface area contributed by atoms with Crippen molar-refractivity contribution in [3.63, 3.8) is 0 Å². The second-order valence-corrected chi connectivity index (χ2v) is 6.20. The number of unbranched alkanes of at least 4 members (excludes halogenated alkanes) is 1. The largest absolute Gasteiger partial charge is 0.494 e. The molecule has 0 unspecified atom stereocenters. The van der Waals surface area contributed by atoms with Gasteiger partial charge in [0.25, 0.3) is 11.8 Å². The van der Waals surface area contributed by atoms with Crippen LogP contribution in [0.5, 0.6) is 11.5 Å². The Bertz CT molecular complexity index is 802. The fourth-order valence-electron chi connectivity index (χ4n) is 2.33. The van der Waals surface area contributed by atoms with Crippen LogP contribution in [0.2, 0.25) is 0 Å². The molecule has 2 aromatic rings. The number of hydrogen-bond donors (Lipinski definition) is 2. The molecule has 2 N–H and O–H groups in total. The Hall–Kier alpha value is -3.35. The summed E-state index contributed by atoms with van der Waals surface area (Å²) < 4.78 is 10.9. The van der Waals surface area contributed by atoms with E-state index in [-0.39, 0.29) is 12.5 Å². The van der Waals surface area contributed by atoms with Crippen LogP contribution < -0.4 is 20.2 Å². The Morgan fingerprint density at radius 1 is 0.966 bits per heavy atom. The zero-order chi connectivity index (χ0) is 20.9. The molecule has 154 valence electrons. The smallest absolute Gasteiger partial charge is 0.259 e. The lowest BCUT2D eigenvalue weighted by molar-refractivity contribution is -0.120. The molecule has 0 radical (unpaired) electrons. The van der Waals surface area contributed by atoms with Gasteiger partial charge in [-0.05, 0) is 67.4 Å². The standard InChI is InChI=1S/C22H27N3O4/c1-3-5-14-29-20-10-6-17(7-11-20)15-24-25-21(26)16-23-22(27)18-8-12-19(13-9-18)28-4-2/h6-13,15H,3-5,14,16H2,1-2H3,(H,23,27)(H,25,26)/b24-15-. The summed E-state index contributed by atoms with van der Waals surface area (Å²) in [5.41, 5.74) is 3.66. The molecule has 7 nitrogen and oxygen atoms in total. The molecule has 2 rings (SSSR count). The van der Waals surface area contributed by atoms with Gasteiger partial charge in [0.1, 0.15) is 11.5 Å². The van der Waals surface area contributed by atoms with E-state index >= 15 is 0 Å². The summed E-state index contributed by atoms with van der Waals surface area (Å²) in [5, 5.41) is 6.44. The van der Waals surface area contributed by atoms with Crippen molar-refractivity contribution >= 4 is 18.0 Å². The van der Waals surface area contributed by atoms with Crippen molar-refractivity contribution in [3.05, 3.63) is 59.7 Å². The molecule has 0 saturated heterocycles. The SMILES string of the molecule is CCCCOc1ccc(/C=N\NC(=O)CNC(=O)c2ccc(OCC)cc2)cc1. The second kappa shape index (κ2) is 12.2. The Morgan fingerprint density at radius 3 is 2.28 bits per heavy atom. The molecule has 0 aliphatic heterocycles. The van der Waals surface area contributed by atoms with Crippen LogP contribution in [0, 0.1) is 0 Å². The van der Waals surface area contributed by atoms with Gasteiger partial charge in [-0.3, -0.25) is 9.59 Å². The average molecular weight is 397 g/mol. The predicted molar refractivity (Wildman–Crippen MR) is 113 cm³/mol. The minimum atomic E-state index is -0.417. The fourth-order valence-corrected chi connectivity index (χ4v) is 2.33. The highest BCUT2D eigenvalue weighted by molar-refractivity contribution is 5.96. The summed E-state index contributed by atoms with van der Waals surface area (Å²) in [4.78, 5) is 23.9. The normalized spacial score (nSPS) is 10.6. The van der Waals surface area contributed by atoms with Gasteiger partial charge in [0.05, 0.1) is 26.0 Å². The third-order valence-electron chi connectivity index (χ3n) is 3.89. The van der Waals surface area contributed by atoms with E-state index in [0.29, 0.717) is 24.5 Å². The first-order chi connectivity index (χ1) is 14.1. The molecule has 7 heteroatoms. The molecule has 29 heavy (non-hydrogen) atoms. The third kappa shape index (κ3) is 8.04. The number of nitrogens with one attached hydrogen (secondary N) is 2. The maximum Gasteiger partial charge on any atom is 0.259 e. The average Bonchev–Trinajstić information content (AvgIpc) is 2.74. The van der Waals surface area contributed by atoms with Crippen LogP contribution in [0.4, 0.5) is 0 Å². The van der Waals surface area contributed by atoms with Crippen molar-refractivity contribution in [1.82, 2.24) is 10.7 Å². The fraction of sp³-hybridized carbons (Fsp3) is 0.318. The number of nitrogens with zero attached hydrogens (tertiary/aromatic N) is 1. The summed E-state index contributed by atoms with van der Waals surface area (Å²) in [6.45, 7) is 5.08.